The summed E-state index contributed by atoms with van der Waals surface area (Å²) in [5, 5.41) is -0.259. The number of nitrogens with two attached hydrogens (primary N) is 1. The lowest BCUT2D eigenvalue weighted by atomic mass is 9.63. The molecule has 0 amide bonds. The van der Waals surface area contributed by atoms with Crippen molar-refractivity contribution in [1.29, 1.82) is 0 Å². The molecule has 1 aliphatic rings. The number of hydrogen-bond acceptors (Lipinski definition) is 1. The topological polar surface area (TPSA) is 26.0 Å². The highest BCUT2D eigenvalue weighted by Gasteiger charge is 2.47. The zero-order valence-electron chi connectivity index (χ0n) is 8.79. The van der Waals surface area contributed by atoms with E-state index in [0.717, 1.165) is 0 Å². The summed E-state index contributed by atoms with van der Waals surface area (Å²) in [4.78, 5) is 0. The van der Waals surface area contributed by atoms with E-state index in [1.54, 1.807) is 6.08 Å². The Morgan fingerprint density at radius 1 is 1.57 bits per heavy atom. The molecule has 3 heteroatoms. The molecule has 82 valence electrons. The standard InChI is InChI=1S/C11H19ClFN/c1-4-9(12)11-8(5-10(11)13)6(2)7(3)14/h4,6-11H,1,5,14H2,2-3H3/t6?,7-,8-,9?,10?,11-/m0/s1. The van der Waals surface area contributed by atoms with Crippen molar-refractivity contribution in [3.8, 4) is 0 Å². The summed E-state index contributed by atoms with van der Waals surface area (Å²) in [5.74, 6) is 0.550. The summed E-state index contributed by atoms with van der Waals surface area (Å²) in [6, 6.07) is 0.101. The van der Waals surface area contributed by atoms with Gasteiger partial charge in [0.2, 0.25) is 0 Å². The van der Waals surface area contributed by atoms with Gasteiger partial charge in [0.25, 0.3) is 0 Å². The molecule has 0 aromatic rings. The summed E-state index contributed by atoms with van der Waals surface area (Å²) in [6.45, 7) is 7.64. The van der Waals surface area contributed by atoms with Crippen molar-refractivity contribution in [2.45, 2.75) is 37.9 Å². The van der Waals surface area contributed by atoms with Crippen LogP contribution in [0, 0.1) is 17.8 Å². The zero-order valence-corrected chi connectivity index (χ0v) is 9.54. The van der Waals surface area contributed by atoms with Crippen molar-refractivity contribution in [3.63, 3.8) is 0 Å². The summed E-state index contributed by atoms with van der Waals surface area (Å²) >= 11 is 6.01. The van der Waals surface area contributed by atoms with Crippen LogP contribution in [0.3, 0.4) is 0 Å². The molecular formula is C11H19ClFN. The molecule has 0 bridgehead atoms. The minimum absolute atomic E-state index is 0.0878. The van der Waals surface area contributed by atoms with Gasteiger partial charge in [-0.2, -0.15) is 0 Å². The van der Waals surface area contributed by atoms with Gasteiger partial charge in [0, 0.05) is 12.0 Å². The monoisotopic (exact) mass is 219 g/mol. The van der Waals surface area contributed by atoms with Crippen LogP contribution in [0.1, 0.15) is 20.3 Å². The molecule has 2 N–H and O–H groups in total. The van der Waals surface area contributed by atoms with Crippen LogP contribution in [0.25, 0.3) is 0 Å². The zero-order chi connectivity index (χ0) is 10.9. The van der Waals surface area contributed by atoms with Gasteiger partial charge < -0.3 is 5.73 Å². The summed E-state index contributed by atoms with van der Waals surface area (Å²) < 4.78 is 13.3. The van der Waals surface area contributed by atoms with Gasteiger partial charge >= 0.3 is 0 Å². The lowest BCUT2D eigenvalue weighted by molar-refractivity contribution is -0.000663. The third-order valence-corrected chi connectivity index (χ3v) is 3.98. The molecule has 1 nitrogen and oxygen atoms in total. The second-order valence-corrected chi connectivity index (χ2v) is 4.90. The van der Waals surface area contributed by atoms with Gasteiger partial charge in [0.05, 0.1) is 5.38 Å². The van der Waals surface area contributed by atoms with Crippen LogP contribution in [0.15, 0.2) is 12.7 Å². The molecule has 1 aliphatic carbocycles. The molecule has 0 radical (unpaired) electrons. The van der Waals surface area contributed by atoms with Crippen LogP contribution in [-0.4, -0.2) is 17.6 Å². The number of alkyl halides is 2. The van der Waals surface area contributed by atoms with Gasteiger partial charge in [-0.25, -0.2) is 4.39 Å². The molecule has 0 spiro atoms. The number of rotatable bonds is 4. The number of hydrogen-bond donors (Lipinski definition) is 1. The number of allylic oxidation sites excluding steroid dienone is 1. The fraction of sp³-hybridized carbons (Fsp3) is 0.818. The Hall–Kier alpha value is -0.0800. The van der Waals surface area contributed by atoms with Crippen LogP contribution in [0.5, 0.6) is 0 Å². The van der Waals surface area contributed by atoms with Crippen LogP contribution >= 0.6 is 11.6 Å². The molecular weight excluding hydrogens is 201 g/mol. The van der Waals surface area contributed by atoms with E-state index in [-0.39, 0.29) is 17.3 Å². The first-order chi connectivity index (χ1) is 6.49. The SMILES string of the molecule is C=CC(Cl)[C@H]1C(F)C[C@H]1C(C)[C@H](C)N. The highest BCUT2D eigenvalue weighted by atomic mass is 35.5. The lowest BCUT2D eigenvalue weighted by Gasteiger charge is -2.46. The maximum Gasteiger partial charge on any atom is 0.105 e. The maximum atomic E-state index is 13.3. The summed E-state index contributed by atoms with van der Waals surface area (Å²) in [7, 11) is 0. The van der Waals surface area contributed by atoms with E-state index in [1.807, 2.05) is 6.92 Å². The minimum atomic E-state index is -0.776. The normalized spacial score (nSPS) is 38.2. The van der Waals surface area contributed by atoms with Gasteiger partial charge in [0.15, 0.2) is 0 Å². The molecule has 0 aromatic carbocycles. The van der Waals surface area contributed by atoms with Crippen molar-refractivity contribution in [3.05, 3.63) is 12.7 Å². The van der Waals surface area contributed by atoms with Crippen molar-refractivity contribution in [1.82, 2.24) is 0 Å². The van der Waals surface area contributed by atoms with Crippen molar-refractivity contribution < 1.29 is 4.39 Å². The average Bonchev–Trinajstić information content (AvgIpc) is 2.12. The first kappa shape index (κ1) is 12.0. The van der Waals surface area contributed by atoms with E-state index >= 15 is 0 Å². The minimum Gasteiger partial charge on any atom is -0.328 e. The fourth-order valence-electron chi connectivity index (χ4n) is 2.19. The number of halogens is 2. The third-order valence-electron chi connectivity index (χ3n) is 3.51. The molecule has 6 atom stereocenters. The first-order valence-corrected chi connectivity index (χ1v) is 5.59. The van der Waals surface area contributed by atoms with E-state index < -0.39 is 6.17 Å². The van der Waals surface area contributed by atoms with Crippen molar-refractivity contribution in [2.24, 2.45) is 23.5 Å². The Kier molecular flexibility index (Phi) is 3.96. The maximum absolute atomic E-state index is 13.3. The largest absolute Gasteiger partial charge is 0.328 e. The Morgan fingerprint density at radius 3 is 2.50 bits per heavy atom. The quantitative estimate of drug-likeness (QED) is 0.571. The van der Waals surface area contributed by atoms with Crippen molar-refractivity contribution in [2.75, 3.05) is 0 Å². The van der Waals surface area contributed by atoms with Crippen LogP contribution in [0.2, 0.25) is 0 Å². The Bertz CT molecular complexity index is 207. The Morgan fingerprint density at radius 2 is 2.14 bits per heavy atom. The highest BCUT2D eigenvalue weighted by molar-refractivity contribution is 6.22. The van der Waals surface area contributed by atoms with Gasteiger partial charge in [-0.05, 0) is 25.2 Å². The molecule has 0 aliphatic heterocycles. The predicted molar refractivity (Wildman–Crippen MR) is 59.1 cm³/mol. The Balaban J connectivity index is 2.60. The van der Waals surface area contributed by atoms with E-state index in [9.17, 15) is 4.39 Å². The van der Waals surface area contributed by atoms with E-state index in [1.165, 1.54) is 0 Å². The molecule has 1 fully saturated rings. The summed E-state index contributed by atoms with van der Waals surface area (Å²) in [6.07, 6.45) is 1.45. The third kappa shape index (κ3) is 2.12. The van der Waals surface area contributed by atoms with E-state index in [0.29, 0.717) is 18.3 Å². The first-order valence-electron chi connectivity index (χ1n) is 5.15. The average molecular weight is 220 g/mol. The molecule has 0 saturated heterocycles. The molecule has 1 saturated carbocycles. The molecule has 14 heavy (non-hydrogen) atoms. The molecule has 3 unspecified atom stereocenters. The van der Waals surface area contributed by atoms with Gasteiger partial charge in [-0.1, -0.05) is 13.0 Å². The second kappa shape index (κ2) is 4.63. The van der Waals surface area contributed by atoms with Crippen molar-refractivity contribution >= 4 is 11.6 Å². The highest BCUT2D eigenvalue weighted by Crippen LogP contribution is 2.46. The molecule has 0 aromatic heterocycles. The summed E-state index contributed by atoms with van der Waals surface area (Å²) in [5.41, 5.74) is 5.80. The molecule has 1 rings (SSSR count). The van der Waals surface area contributed by atoms with E-state index in [4.69, 9.17) is 17.3 Å². The second-order valence-electron chi connectivity index (χ2n) is 4.39. The van der Waals surface area contributed by atoms with Crippen LogP contribution in [0.4, 0.5) is 4.39 Å². The van der Waals surface area contributed by atoms with E-state index in [2.05, 4.69) is 13.5 Å². The van der Waals surface area contributed by atoms with Crippen LogP contribution in [-0.2, 0) is 0 Å². The predicted octanol–water partition coefficient (Wildman–Crippen LogP) is 2.74. The lowest BCUT2D eigenvalue weighted by Crippen LogP contribution is -2.49. The van der Waals surface area contributed by atoms with Gasteiger partial charge in [-0.15, -0.1) is 18.2 Å². The smallest absolute Gasteiger partial charge is 0.105 e. The Labute approximate surface area is 90.5 Å². The van der Waals surface area contributed by atoms with Gasteiger partial charge in [0.1, 0.15) is 6.17 Å². The van der Waals surface area contributed by atoms with Gasteiger partial charge in [-0.3, -0.25) is 0 Å². The molecule has 0 heterocycles. The fourth-order valence-corrected chi connectivity index (χ4v) is 2.54. The van der Waals surface area contributed by atoms with Crippen LogP contribution < -0.4 is 5.73 Å².